The van der Waals surface area contributed by atoms with Gasteiger partial charge in [-0.2, -0.15) is 0 Å². The topological polar surface area (TPSA) is 0 Å². The van der Waals surface area contributed by atoms with Crippen LogP contribution in [-0.4, -0.2) is 12.8 Å². The van der Waals surface area contributed by atoms with E-state index in [4.69, 9.17) is 19.9 Å². The Hall–Kier alpha value is 0.838. The Kier molecular flexibility index (Phi) is 2.71. The molecule has 1 rings (SSSR count). The molecule has 0 fully saturated rings. The molecular formula is C4H3AsCl2S. The molecule has 0 saturated heterocycles. The summed E-state index contributed by atoms with van der Waals surface area (Å²) in [6.45, 7) is 0. The Balaban J connectivity index is 2.77. The first-order valence-corrected chi connectivity index (χ1v) is 8.71. The molecule has 0 aliphatic heterocycles. The van der Waals surface area contributed by atoms with E-state index in [-0.39, 0.29) is 0 Å². The van der Waals surface area contributed by atoms with Gasteiger partial charge in [-0.25, -0.2) is 0 Å². The zero-order chi connectivity index (χ0) is 5.98. The van der Waals surface area contributed by atoms with Gasteiger partial charge < -0.3 is 0 Å². The summed E-state index contributed by atoms with van der Waals surface area (Å²) >= 11 is 0.0567. The Bertz CT molecular complexity index is 149. The first-order valence-electron chi connectivity index (χ1n) is 1.96. The zero-order valence-electron chi connectivity index (χ0n) is 3.84. The van der Waals surface area contributed by atoms with E-state index >= 15 is 0 Å². The number of halogens is 2. The molecule has 0 aliphatic carbocycles. The Labute approximate surface area is 65.0 Å². The molecule has 1 aromatic rings. The normalized spacial score (nSPS) is 10.4. The van der Waals surface area contributed by atoms with Gasteiger partial charge in [-0.1, -0.05) is 0 Å². The second-order valence-corrected chi connectivity index (χ2v) is 9.19. The van der Waals surface area contributed by atoms with Gasteiger partial charge in [0.05, 0.1) is 0 Å². The van der Waals surface area contributed by atoms with Gasteiger partial charge in [-0.05, 0) is 0 Å². The quantitative estimate of drug-likeness (QED) is 0.645. The molecule has 0 aromatic carbocycles. The van der Waals surface area contributed by atoms with Gasteiger partial charge in [-0.3, -0.25) is 0 Å². The Morgan fingerprint density at radius 2 is 2.25 bits per heavy atom. The summed E-state index contributed by atoms with van der Waals surface area (Å²) in [6, 6.07) is 3.94. The summed E-state index contributed by atoms with van der Waals surface area (Å²) in [6.07, 6.45) is 0. The SMILES string of the molecule is Cl[As](Cl)c1cccs1. The third-order valence-corrected chi connectivity index (χ3v) is 6.90. The van der Waals surface area contributed by atoms with Gasteiger partial charge in [0.2, 0.25) is 0 Å². The van der Waals surface area contributed by atoms with E-state index < -0.39 is 12.8 Å². The van der Waals surface area contributed by atoms with Gasteiger partial charge in [0.15, 0.2) is 0 Å². The maximum absolute atomic E-state index is 5.67. The van der Waals surface area contributed by atoms with Crippen molar-refractivity contribution in [2.45, 2.75) is 0 Å². The summed E-state index contributed by atoms with van der Waals surface area (Å²) in [5.74, 6) is 0. The summed E-state index contributed by atoms with van der Waals surface area (Å²) in [7, 11) is 11.3. The van der Waals surface area contributed by atoms with E-state index in [1.54, 1.807) is 11.3 Å². The minimum atomic E-state index is -1.58. The Morgan fingerprint density at radius 3 is 2.50 bits per heavy atom. The van der Waals surface area contributed by atoms with Crippen LogP contribution in [0, 0.1) is 0 Å². The molecule has 0 bridgehead atoms. The maximum atomic E-state index is 5.67. The van der Waals surface area contributed by atoms with Crippen LogP contribution < -0.4 is 3.66 Å². The minimum absolute atomic E-state index is 1.15. The predicted molar refractivity (Wildman–Crippen MR) is 41.4 cm³/mol. The molecule has 1 heterocycles. The second kappa shape index (κ2) is 3.12. The number of rotatable bonds is 1. The van der Waals surface area contributed by atoms with Crippen LogP contribution in [0.25, 0.3) is 0 Å². The number of hydrogen-bond donors (Lipinski definition) is 0. The van der Waals surface area contributed by atoms with E-state index in [2.05, 4.69) is 0 Å². The van der Waals surface area contributed by atoms with Crippen LogP contribution in [0.15, 0.2) is 17.5 Å². The third kappa shape index (κ3) is 1.66. The predicted octanol–water partition coefficient (Wildman–Crippen LogP) is 1.92. The van der Waals surface area contributed by atoms with Crippen molar-refractivity contribution in [3.8, 4) is 0 Å². The van der Waals surface area contributed by atoms with Crippen LogP contribution in [0.2, 0.25) is 0 Å². The van der Waals surface area contributed by atoms with Crippen LogP contribution in [0.5, 0.6) is 0 Å². The van der Waals surface area contributed by atoms with Crippen LogP contribution in [0.1, 0.15) is 0 Å². The first-order chi connectivity index (χ1) is 3.80. The molecule has 1 aromatic heterocycles. The molecule has 8 heavy (non-hydrogen) atoms. The van der Waals surface area contributed by atoms with Crippen molar-refractivity contribution in [3.05, 3.63) is 17.5 Å². The molecule has 0 amide bonds. The summed E-state index contributed by atoms with van der Waals surface area (Å²) in [5.41, 5.74) is 0. The van der Waals surface area contributed by atoms with Gasteiger partial charge in [0.25, 0.3) is 0 Å². The summed E-state index contributed by atoms with van der Waals surface area (Å²) in [4.78, 5) is 0. The van der Waals surface area contributed by atoms with E-state index in [0.29, 0.717) is 0 Å². The summed E-state index contributed by atoms with van der Waals surface area (Å²) < 4.78 is 1.15. The Morgan fingerprint density at radius 1 is 1.50 bits per heavy atom. The molecule has 0 atom stereocenters. The van der Waals surface area contributed by atoms with E-state index in [9.17, 15) is 0 Å². The van der Waals surface area contributed by atoms with E-state index in [1.807, 2.05) is 17.5 Å². The van der Waals surface area contributed by atoms with Crippen molar-refractivity contribution in [2.75, 3.05) is 0 Å². The second-order valence-electron chi connectivity index (χ2n) is 1.18. The zero-order valence-corrected chi connectivity index (χ0v) is 8.05. The van der Waals surface area contributed by atoms with Gasteiger partial charge >= 0.3 is 65.2 Å². The van der Waals surface area contributed by atoms with E-state index in [1.165, 1.54) is 0 Å². The van der Waals surface area contributed by atoms with Crippen molar-refractivity contribution in [3.63, 3.8) is 0 Å². The van der Waals surface area contributed by atoms with Crippen molar-refractivity contribution < 1.29 is 0 Å². The molecule has 0 unspecified atom stereocenters. The molecule has 0 saturated carbocycles. The van der Waals surface area contributed by atoms with Crippen molar-refractivity contribution in [1.82, 2.24) is 0 Å². The van der Waals surface area contributed by atoms with Gasteiger partial charge in [0.1, 0.15) is 0 Å². The fourth-order valence-corrected chi connectivity index (χ4v) is 4.03. The molecule has 0 spiro atoms. The van der Waals surface area contributed by atoms with Crippen molar-refractivity contribution in [1.29, 1.82) is 0 Å². The molecule has 44 valence electrons. The van der Waals surface area contributed by atoms with Crippen molar-refractivity contribution in [2.24, 2.45) is 0 Å². The monoisotopic (exact) mass is 228 g/mol. The van der Waals surface area contributed by atoms with E-state index in [0.717, 1.165) is 3.66 Å². The third-order valence-electron chi connectivity index (χ3n) is 0.673. The summed E-state index contributed by atoms with van der Waals surface area (Å²) in [5, 5.41) is 1.99. The fourth-order valence-electron chi connectivity index (χ4n) is 0.366. The average molecular weight is 229 g/mol. The van der Waals surface area contributed by atoms with Crippen molar-refractivity contribution >= 4 is 47.7 Å². The van der Waals surface area contributed by atoms with Crippen LogP contribution in [0.3, 0.4) is 0 Å². The fraction of sp³-hybridized carbons (Fsp3) is 0. The molecule has 0 N–H and O–H groups in total. The number of thiophene rings is 1. The average Bonchev–Trinajstić information content (AvgIpc) is 2.12. The standard InChI is InChI=1S/C4H3AsCl2S/c6-5(7)4-2-1-3-8-4/h1-3H. The van der Waals surface area contributed by atoms with Gasteiger partial charge in [-0.15, -0.1) is 0 Å². The van der Waals surface area contributed by atoms with Crippen LogP contribution >= 0.6 is 31.2 Å². The van der Waals surface area contributed by atoms with Gasteiger partial charge in [0, 0.05) is 0 Å². The molecular weight excluding hydrogens is 226 g/mol. The van der Waals surface area contributed by atoms with Crippen LogP contribution in [0.4, 0.5) is 0 Å². The first kappa shape index (κ1) is 6.95. The molecule has 4 heteroatoms. The van der Waals surface area contributed by atoms with Crippen LogP contribution in [-0.2, 0) is 0 Å². The molecule has 0 nitrogen and oxygen atoms in total. The molecule has 0 aliphatic rings. The molecule has 0 radical (unpaired) electrons. The number of hydrogen-bond acceptors (Lipinski definition) is 1.